The fraction of sp³-hybridized carbons (Fsp3) is 0.692. The molecule has 18 heavy (non-hydrogen) atoms. The molecule has 5 heteroatoms. The highest BCUT2D eigenvalue weighted by Gasteiger charge is 2.23. The molecule has 0 spiro atoms. The van der Waals surface area contributed by atoms with Gasteiger partial charge in [0.15, 0.2) is 0 Å². The second kappa shape index (κ2) is 9.68. The zero-order chi connectivity index (χ0) is 11.2. The number of hydrogen-bond donors (Lipinski definition) is 1. The van der Waals surface area contributed by atoms with Gasteiger partial charge in [0.2, 0.25) is 0 Å². The fourth-order valence-electron chi connectivity index (χ4n) is 2.38. The Hall–Kier alpha value is -0.220. The van der Waals surface area contributed by atoms with Crippen LogP contribution in [0, 0.1) is 0 Å². The molecule has 0 amide bonds. The van der Waals surface area contributed by atoms with Crippen LogP contribution in [0.3, 0.4) is 0 Å². The van der Waals surface area contributed by atoms with E-state index in [9.17, 15) is 0 Å². The summed E-state index contributed by atoms with van der Waals surface area (Å²) in [4.78, 5) is 2.55. The van der Waals surface area contributed by atoms with Crippen molar-refractivity contribution in [1.29, 1.82) is 0 Å². The van der Waals surface area contributed by atoms with Gasteiger partial charge >= 0.3 is 0 Å². The predicted molar refractivity (Wildman–Crippen MR) is 79.9 cm³/mol. The summed E-state index contributed by atoms with van der Waals surface area (Å²) >= 11 is 0. The van der Waals surface area contributed by atoms with Crippen molar-refractivity contribution in [2.24, 2.45) is 0 Å². The van der Waals surface area contributed by atoms with Gasteiger partial charge in [-0.3, -0.25) is 4.90 Å². The molecule has 0 aliphatic carbocycles. The molecule has 1 N–H and O–H groups in total. The number of hydrogen-bond acceptors (Lipinski definition) is 3. The van der Waals surface area contributed by atoms with E-state index in [-0.39, 0.29) is 24.8 Å². The molecule has 106 valence electrons. The van der Waals surface area contributed by atoms with E-state index in [0.717, 1.165) is 31.9 Å². The van der Waals surface area contributed by atoms with Crippen LogP contribution in [0.25, 0.3) is 0 Å². The van der Waals surface area contributed by atoms with Crippen LogP contribution in [0.15, 0.2) is 22.8 Å². The molecule has 1 aromatic rings. The summed E-state index contributed by atoms with van der Waals surface area (Å²) in [6.45, 7) is 6.72. The van der Waals surface area contributed by atoms with E-state index in [0.29, 0.717) is 6.04 Å². The molecular weight excluding hydrogens is 271 g/mol. The Bertz CT molecular complexity index is 287. The Morgan fingerprint density at radius 1 is 1.33 bits per heavy atom. The minimum absolute atomic E-state index is 0. The molecule has 0 bridgehead atoms. The van der Waals surface area contributed by atoms with Crippen LogP contribution in [0.5, 0.6) is 0 Å². The van der Waals surface area contributed by atoms with Gasteiger partial charge in [0.05, 0.1) is 12.3 Å². The quantitative estimate of drug-likeness (QED) is 0.904. The number of halogens is 2. The molecule has 1 aliphatic rings. The molecule has 1 saturated heterocycles. The Kier molecular flexibility index (Phi) is 9.56. The van der Waals surface area contributed by atoms with E-state index in [1.165, 1.54) is 19.3 Å². The molecule has 3 nitrogen and oxygen atoms in total. The molecule has 1 aromatic heterocycles. The summed E-state index contributed by atoms with van der Waals surface area (Å²) in [6, 6.07) is 4.59. The highest BCUT2D eigenvalue weighted by atomic mass is 35.5. The highest BCUT2D eigenvalue weighted by Crippen LogP contribution is 2.26. The fourth-order valence-corrected chi connectivity index (χ4v) is 2.38. The van der Waals surface area contributed by atoms with Crippen LogP contribution >= 0.6 is 24.8 Å². The lowest BCUT2D eigenvalue weighted by Crippen LogP contribution is -2.45. The van der Waals surface area contributed by atoms with E-state index in [1.54, 1.807) is 6.26 Å². The van der Waals surface area contributed by atoms with Crippen LogP contribution in [-0.4, -0.2) is 31.1 Å². The minimum Gasteiger partial charge on any atom is -0.468 e. The van der Waals surface area contributed by atoms with E-state index in [2.05, 4.69) is 23.2 Å². The van der Waals surface area contributed by atoms with Crippen molar-refractivity contribution in [2.75, 3.05) is 26.2 Å². The summed E-state index contributed by atoms with van der Waals surface area (Å²) in [6.07, 6.45) is 5.53. The lowest BCUT2D eigenvalue weighted by Gasteiger charge is -2.33. The standard InChI is InChI=1S/C13H22N2O.2ClH/c1-2-3-5-12(13-6-4-11-16-13)15-9-7-14-8-10-15;;/h4,6,11-12,14H,2-3,5,7-10H2,1H3;2*1H/t12-;;/m1../s1. The smallest absolute Gasteiger partial charge is 0.120 e. The Morgan fingerprint density at radius 3 is 2.61 bits per heavy atom. The summed E-state index contributed by atoms with van der Waals surface area (Å²) in [5.74, 6) is 1.13. The van der Waals surface area contributed by atoms with Crippen molar-refractivity contribution in [2.45, 2.75) is 32.2 Å². The molecular formula is C13H24Cl2N2O. The number of furan rings is 1. The predicted octanol–water partition coefficient (Wildman–Crippen LogP) is 3.26. The highest BCUT2D eigenvalue weighted by molar-refractivity contribution is 5.85. The first kappa shape index (κ1) is 17.8. The minimum atomic E-state index is 0. The summed E-state index contributed by atoms with van der Waals surface area (Å²) in [5.41, 5.74) is 0. The van der Waals surface area contributed by atoms with Crippen molar-refractivity contribution >= 4 is 24.8 Å². The first-order chi connectivity index (χ1) is 7.92. The second-order valence-electron chi connectivity index (χ2n) is 4.46. The van der Waals surface area contributed by atoms with E-state index in [4.69, 9.17) is 4.42 Å². The maximum absolute atomic E-state index is 5.58. The lowest BCUT2D eigenvalue weighted by molar-refractivity contribution is 0.144. The van der Waals surface area contributed by atoms with E-state index >= 15 is 0 Å². The maximum Gasteiger partial charge on any atom is 0.120 e. The summed E-state index contributed by atoms with van der Waals surface area (Å²) < 4.78 is 5.58. The maximum atomic E-state index is 5.58. The third-order valence-electron chi connectivity index (χ3n) is 3.30. The summed E-state index contributed by atoms with van der Waals surface area (Å²) in [5, 5.41) is 3.40. The molecule has 0 radical (unpaired) electrons. The van der Waals surface area contributed by atoms with Crippen molar-refractivity contribution < 1.29 is 4.42 Å². The first-order valence-corrected chi connectivity index (χ1v) is 6.40. The van der Waals surface area contributed by atoms with Crippen LogP contribution in [-0.2, 0) is 0 Å². The molecule has 2 heterocycles. The topological polar surface area (TPSA) is 28.4 Å². The zero-order valence-corrected chi connectivity index (χ0v) is 12.6. The normalized spacial score (nSPS) is 17.6. The molecule has 1 atom stereocenters. The summed E-state index contributed by atoms with van der Waals surface area (Å²) in [7, 11) is 0. The zero-order valence-electron chi connectivity index (χ0n) is 10.9. The Morgan fingerprint density at radius 2 is 2.06 bits per heavy atom. The van der Waals surface area contributed by atoms with Crippen LogP contribution < -0.4 is 5.32 Å². The first-order valence-electron chi connectivity index (χ1n) is 6.40. The van der Waals surface area contributed by atoms with Gasteiger partial charge in [-0.25, -0.2) is 0 Å². The SMILES string of the molecule is CCCC[C@H](c1ccco1)N1CCNCC1.Cl.Cl. The van der Waals surface area contributed by atoms with Gasteiger partial charge in [0.1, 0.15) is 5.76 Å². The third-order valence-corrected chi connectivity index (χ3v) is 3.30. The van der Waals surface area contributed by atoms with Gasteiger partial charge in [0, 0.05) is 26.2 Å². The molecule has 1 aliphatic heterocycles. The Balaban J connectivity index is 0.00000144. The second-order valence-corrected chi connectivity index (χ2v) is 4.46. The molecule has 2 rings (SSSR count). The number of nitrogens with one attached hydrogen (secondary N) is 1. The largest absolute Gasteiger partial charge is 0.468 e. The number of rotatable bonds is 5. The number of piperazine rings is 1. The van der Waals surface area contributed by atoms with Gasteiger partial charge < -0.3 is 9.73 Å². The van der Waals surface area contributed by atoms with Crippen molar-refractivity contribution in [3.05, 3.63) is 24.2 Å². The van der Waals surface area contributed by atoms with Crippen molar-refractivity contribution in [1.82, 2.24) is 10.2 Å². The van der Waals surface area contributed by atoms with Crippen molar-refractivity contribution in [3.8, 4) is 0 Å². The van der Waals surface area contributed by atoms with Crippen LogP contribution in [0.1, 0.15) is 38.0 Å². The van der Waals surface area contributed by atoms with Gasteiger partial charge in [-0.05, 0) is 18.6 Å². The van der Waals surface area contributed by atoms with E-state index < -0.39 is 0 Å². The third kappa shape index (κ3) is 4.81. The van der Waals surface area contributed by atoms with Gasteiger partial charge in [-0.2, -0.15) is 0 Å². The van der Waals surface area contributed by atoms with Gasteiger partial charge in [-0.15, -0.1) is 24.8 Å². The average molecular weight is 295 g/mol. The van der Waals surface area contributed by atoms with Crippen LogP contribution in [0.2, 0.25) is 0 Å². The number of nitrogens with zero attached hydrogens (tertiary/aromatic N) is 1. The lowest BCUT2D eigenvalue weighted by atomic mass is 10.0. The number of unbranched alkanes of at least 4 members (excludes halogenated alkanes) is 1. The van der Waals surface area contributed by atoms with E-state index in [1.807, 2.05) is 6.07 Å². The van der Waals surface area contributed by atoms with Gasteiger partial charge in [-0.1, -0.05) is 19.8 Å². The molecule has 0 unspecified atom stereocenters. The van der Waals surface area contributed by atoms with Crippen molar-refractivity contribution in [3.63, 3.8) is 0 Å². The Labute approximate surface area is 122 Å². The monoisotopic (exact) mass is 294 g/mol. The molecule has 1 fully saturated rings. The molecule has 0 saturated carbocycles. The van der Waals surface area contributed by atoms with Crippen LogP contribution in [0.4, 0.5) is 0 Å². The average Bonchev–Trinajstić information content (AvgIpc) is 2.85. The van der Waals surface area contributed by atoms with Gasteiger partial charge in [0.25, 0.3) is 0 Å². The molecule has 0 aromatic carbocycles.